The van der Waals surface area contributed by atoms with Gasteiger partial charge in [0, 0.05) is 27.8 Å². The Kier molecular flexibility index (Phi) is 8.16. The van der Waals surface area contributed by atoms with Gasteiger partial charge >= 0.3 is 0 Å². The molecule has 0 aliphatic rings. The average molecular weight is 665 g/mol. The molecule has 0 saturated carbocycles. The van der Waals surface area contributed by atoms with Crippen molar-refractivity contribution in [2.24, 2.45) is 0 Å². The summed E-state index contributed by atoms with van der Waals surface area (Å²) in [5, 5.41) is 2.22. The molecule has 2 aromatic heterocycles. The van der Waals surface area contributed by atoms with Gasteiger partial charge in [0.25, 0.3) is 0 Å². The molecular weight excluding hydrogens is 633 g/mol. The minimum atomic E-state index is 0.645. The van der Waals surface area contributed by atoms with E-state index in [9.17, 15) is 0 Å². The van der Waals surface area contributed by atoms with E-state index in [4.69, 9.17) is 19.9 Å². The highest BCUT2D eigenvalue weighted by Gasteiger charge is 2.16. The zero-order valence-electron chi connectivity index (χ0n) is 28.3. The third-order valence-corrected chi connectivity index (χ3v) is 9.36. The second-order valence-corrected chi connectivity index (χ2v) is 12.7. The van der Waals surface area contributed by atoms with Crippen LogP contribution in [0.5, 0.6) is 0 Å². The van der Waals surface area contributed by atoms with Crippen LogP contribution in [-0.2, 0) is 0 Å². The number of fused-ring (bicyclic) bond motifs is 1. The Balaban J connectivity index is 1.12. The monoisotopic (exact) mass is 664 g/mol. The Hall–Kier alpha value is -7.04. The molecule has 0 spiro atoms. The minimum Gasteiger partial charge on any atom is -0.248 e. The topological polar surface area (TPSA) is 51.6 Å². The molecule has 0 fully saturated rings. The van der Waals surface area contributed by atoms with Crippen molar-refractivity contribution in [3.8, 4) is 78.9 Å². The summed E-state index contributed by atoms with van der Waals surface area (Å²) < 4.78 is 0. The van der Waals surface area contributed by atoms with Crippen LogP contribution in [0.3, 0.4) is 0 Å². The van der Waals surface area contributed by atoms with Gasteiger partial charge in [-0.2, -0.15) is 0 Å². The average Bonchev–Trinajstić information content (AvgIpc) is 3.24. The molecule has 0 aliphatic carbocycles. The highest BCUT2D eigenvalue weighted by atomic mass is 15.0. The summed E-state index contributed by atoms with van der Waals surface area (Å²) in [5.74, 6) is 1.94. The summed E-state index contributed by atoms with van der Waals surface area (Å²) in [6.45, 7) is 0. The standard InChI is InChI=1S/C48H32N4/c1-5-15-35(16-6-1)44-31-39(32-45(49-44)36-17-7-2-8-18-36)33-27-29-34(30-28-33)40-23-13-25-42-41(40)24-14-26-43(42)48-51-46(37-19-9-3-10-20-37)50-47(52-48)38-21-11-4-12-22-38/h1-32H. The zero-order chi connectivity index (χ0) is 34.7. The highest BCUT2D eigenvalue weighted by molar-refractivity contribution is 6.04. The lowest BCUT2D eigenvalue weighted by Gasteiger charge is -2.13. The second-order valence-electron chi connectivity index (χ2n) is 12.7. The Labute approximate surface area is 302 Å². The summed E-state index contributed by atoms with van der Waals surface area (Å²) in [5.41, 5.74) is 11.5. The first kappa shape index (κ1) is 31.0. The Morgan fingerprint density at radius 3 is 1.13 bits per heavy atom. The van der Waals surface area contributed by atoms with E-state index in [0.29, 0.717) is 17.5 Å². The Morgan fingerprint density at radius 2 is 0.635 bits per heavy atom. The van der Waals surface area contributed by atoms with Crippen LogP contribution in [-0.4, -0.2) is 19.9 Å². The van der Waals surface area contributed by atoms with Gasteiger partial charge in [0.2, 0.25) is 0 Å². The zero-order valence-corrected chi connectivity index (χ0v) is 28.3. The smallest absolute Gasteiger partial charge is 0.164 e. The first-order valence-corrected chi connectivity index (χ1v) is 17.4. The van der Waals surface area contributed by atoms with Crippen LogP contribution in [0, 0.1) is 0 Å². The number of pyridine rings is 1. The summed E-state index contributed by atoms with van der Waals surface area (Å²) in [6, 6.07) is 67.0. The lowest BCUT2D eigenvalue weighted by atomic mass is 9.93. The fraction of sp³-hybridized carbons (Fsp3) is 0. The van der Waals surface area contributed by atoms with Crippen molar-refractivity contribution in [1.29, 1.82) is 0 Å². The normalized spacial score (nSPS) is 11.1. The molecular formula is C48H32N4. The third kappa shape index (κ3) is 6.14. The van der Waals surface area contributed by atoms with Gasteiger partial charge in [-0.1, -0.05) is 182 Å². The maximum absolute atomic E-state index is 5.06. The van der Waals surface area contributed by atoms with E-state index in [1.807, 2.05) is 72.8 Å². The van der Waals surface area contributed by atoms with Gasteiger partial charge in [0.1, 0.15) is 0 Å². The predicted molar refractivity (Wildman–Crippen MR) is 213 cm³/mol. The number of nitrogens with zero attached hydrogens (tertiary/aromatic N) is 4. The molecule has 0 radical (unpaired) electrons. The van der Waals surface area contributed by atoms with E-state index in [2.05, 4.69) is 121 Å². The van der Waals surface area contributed by atoms with Gasteiger partial charge in [0.05, 0.1) is 11.4 Å². The van der Waals surface area contributed by atoms with Crippen molar-refractivity contribution < 1.29 is 0 Å². The number of benzene rings is 7. The van der Waals surface area contributed by atoms with Crippen LogP contribution in [0.4, 0.5) is 0 Å². The summed E-state index contributed by atoms with van der Waals surface area (Å²) in [7, 11) is 0. The van der Waals surface area contributed by atoms with Crippen LogP contribution in [0.15, 0.2) is 194 Å². The van der Waals surface area contributed by atoms with Gasteiger partial charge in [-0.3, -0.25) is 0 Å². The molecule has 0 N–H and O–H groups in total. The molecule has 0 atom stereocenters. The van der Waals surface area contributed by atoms with E-state index >= 15 is 0 Å². The van der Waals surface area contributed by atoms with Crippen molar-refractivity contribution in [2.45, 2.75) is 0 Å². The molecule has 9 rings (SSSR count). The lowest BCUT2D eigenvalue weighted by molar-refractivity contribution is 1.08. The van der Waals surface area contributed by atoms with Crippen LogP contribution >= 0.6 is 0 Å². The van der Waals surface area contributed by atoms with E-state index in [1.165, 1.54) is 0 Å². The van der Waals surface area contributed by atoms with Crippen LogP contribution in [0.25, 0.3) is 89.7 Å². The van der Waals surface area contributed by atoms with E-state index in [1.54, 1.807) is 0 Å². The molecule has 4 heteroatoms. The number of rotatable bonds is 7. The largest absolute Gasteiger partial charge is 0.248 e. The molecule has 9 aromatic rings. The van der Waals surface area contributed by atoms with Crippen molar-refractivity contribution in [1.82, 2.24) is 19.9 Å². The molecule has 52 heavy (non-hydrogen) atoms. The lowest BCUT2D eigenvalue weighted by Crippen LogP contribution is -2.00. The fourth-order valence-corrected chi connectivity index (χ4v) is 6.74. The van der Waals surface area contributed by atoms with Crippen molar-refractivity contribution in [3.05, 3.63) is 194 Å². The van der Waals surface area contributed by atoms with Crippen LogP contribution in [0.1, 0.15) is 0 Å². The molecule has 4 nitrogen and oxygen atoms in total. The van der Waals surface area contributed by atoms with Crippen molar-refractivity contribution in [2.75, 3.05) is 0 Å². The van der Waals surface area contributed by atoms with E-state index < -0.39 is 0 Å². The molecule has 0 bridgehead atoms. The number of hydrogen-bond donors (Lipinski definition) is 0. The molecule has 0 amide bonds. The number of hydrogen-bond acceptors (Lipinski definition) is 4. The summed E-state index contributed by atoms with van der Waals surface area (Å²) in [6.07, 6.45) is 0. The first-order valence-electron chi connectivity index (χ1n) is 17.4. The SMILES string of the molecule is c1ccc(-c2cc(-c3ccc(-c4cccc5c(-c6nc(-c7ccccc7)nc(-c7ccccc7)n6)cccc45)cc3)cc(-c3ccccc3)n2)cc1. The maximum atomic E-state index is 5.06. The predicted octanol–water partition coefficient (Wildman–Crippen LogP) is 12.1. The van der Waals surface area contributed by atoms with Gasteiger partial charge in [-0.15, -0.1) is 0 Å². The maximum Gasteiger partial charge on any atom is 0.164 e. The fourth-order valence-electron chi connectivity index (χ4n) is 6.74. The van der Waals surface area contributed by atoms with Gasteiger partial charge < -0.3 is 0 Å². The van der Waals surface area contributed by atoms with Crippen LogP contribution < -0.4 is 0 Å². The molecule has 0 aliphatic heterocycles. The molecule has 0 saturated heterocycles. The Morgan fingerprint density at radius 1 is 0.231 bits per heavy atom. The Bertz CT molecular complexity index is 2530. The minimum absolute atomic E-state index is 0.645. The summed E-state index contributed by atoms with van der Waals surface area (Å²) in [4.78, 5) is 20.0. The molecule has 0 unspecified atom stereocenters. The molecule has 7 aromatic carbocycles. The quantitative estimate of drug-likeness (QED) is 0.170. The van der Waals surface area contributed by atoms with Crippen molar-refractivity contribution >= 4 is 10.8 Å². The third-order valence-electron chi connectivity index (χ3n) is 9.36. The van der Waals surface area contributed by atoms with Gasteiger partial charge in [-0.25, -0.2) is 19.9 Å². The second kappa shape index (κ2) is 13.7. The number of aromatic nitrogens is 4. The van der Waals surface area contributed by atoms with Crippen LogP contribution in [0.2, 0.25) is 0 Å². The van der Waals surface area contributed by atoms with E-state index in [0.717, 1.165) is 72.2 Å². The van der Waals surface area contributed by atoms with Gasteiger partial charge in [-0.05, 0) is 45.2 Å². The molecule has 244 valence electrons. The highest BCUT2D eigenvalue weighted by Crippen LogP contribution is 2.37. The summed E-state index contributed by atoms with van der Waals surface area (Å²) >= 11 is 0. The first-order chi connectivity index (χ1) is 25.8. The van der Waals surface area contributed by atoms with E-state index in [-0.39, 0.29) is 0 Å². The molecule has 2 heterocycles. The van der Waals surface area contributed by atoms with Gasteiger partial charge in [0.15, 0.2) is 17.5 Å². The van der Waals surface area contributed by atoms with Crippen molar-refractivity contribution in [3.63, 3.8) is 0 Å².